The minimum Gasteiger partial charge on any atom is -0.0843 e. The van der Waals surface area contributed by atoms with Crippen molar-refractivity contribution in [3.63, 3.8) is 0 Å². The number of benzene rings is 2. The molecule has 80 valence electrons. The summed E-state index contributed by atoms with van der Waals surface area (Å²) < 4.78 is 0. The highest BCUT2D eigenvalue weighted by Gasteiger charge is 1.97. The van der Waals surface area contributed by atoms with Crippen molar-refractivity contribution in [3.05, 3.63) is 46.4 Å². The Hall–Kier alpha value is -0.720. The van der Waals surface area contributed by atoms with Gasteiger partial charge in [0.2, 0.25) is 0 Å². The number of rotatable bonds is 0. The van der Waals surface area contributed by atoms with Crippen molar-refractivity contribution in [3.8, 4) is 0 Å². The van der Waals surface area contributed by atoms with Crippen LogP contribution in [0.1, 0.15) is 20.3 Å². The first-order valence-corrected chi connectivity index (χ1v) is 5.78. The predicted octanol–water partition coefficient (Wildman–Crippen LogP) is 5.56. The molecule has 0 amide bonds. The van der Waals surface area contributed by atoms with Gasteiger partial charge in [-0.25, -0.2) is 0 Å². The first-order valence-electron chi connectivity index (χ1n) is 5.02. The molecule has 0 nitrogen and oxygen atoms in total. The standard InChI is InChI=1S/C10H6Cl2.C3H8/c11-8-5-4-7-2-1-3-10(12)9(7)6-8;1-3-2/h1-6H;3H2,1-2H3. The number of hydrogen-bond acceptors (Lipinski definition) is 0. The minimum atomic E-state index is 0.718. The average Bonchev–Trinajstić information content (AvgIpc) is 2.21. The van der Waals surface area contributed by atoms with Crippen LogP contribution in [0, 0.1) is 0 Å². The fraction of sp³-hybridized carbons (Fsp3) is 0.231. The molecule has 0 fully saturated rings. The molecule has 0 unspecified atom stereocenters. The molecule has 0 radical (unpaired) electrons. The van der Waals surface area contributed by atoms with Gasteiger partial charge in [-0.15, -0.1) is 0 Å². The Morgan fingerprint density at radius 3 is 2.33 bits per heavy atom. The van der Waals surface area contributed by atoms with E-state index in [9.17, 15) is 0 Å². The van der Waals surface area contributed by atoms with Crippen LogP contribution in [-0.2, 0) is 0 Å². The van der Waals surface area contributed by atoms with Crippen LogP contribution in [0.5, 0.6) is 0 Å². The highest BCUT2D eigenvalue weighted by molar-refractivity contribution is 6.36. The quantitative estimate of drug-likeness (QED) is 0.566. The van der Waals surface area contributed by atoms with Crippen molar-refractivity contribution < 1.29 is 0 Å². The number of fused-ring (bicyclic) bond motifs is 1. The molecule has 2 heteroatoms. The van der Waals surface area contributed by atoms with Gasteiger partial charge in [0.1, 0.15) is 0 Å². The van der Waals surface area contributed by atoms with Crippen molar-refractivity contribution >= 4 is 34.0 Å². The summed E-state index contributed by atoms with van der Waals surface area (Å²) in [4.78, 5) is 0. The molecule has 2 rings (SSSR count). The molecule has 0 aromatic heterocycles. The third-order valence-electron chi connectivity index (χ3n) is 1.79. The molecule has 0 bridgehead atoms. The van der Waals surface area contributed by atoms with Gasteiger partial charge in [0.25, 0.3) is 0 Å². The monoisotopic (exact) mass is 240 g/mol. The molecule has 0 aliphatic carbocycles. The Balaban J connectivity index is 0.000000337. The number of halogens is 2. The topological polar surface area (TPSA) is 0 Å². The Labute approximate surface area is 101 Å². The summed E-state index contributed by atoms with van der Waals surface area (Å²) in [6.07, 6.45) is 1.25. The van der Waals surface area contributed by atoms with Gasteiger partial charge in [0.05, 0.1) is 0 Å². The maximum Gasteiger partial charge on any atom is 0.0484 e. The van der Waals surface area contributed by atoms with Gasteiger partial charge in [-0.2, -0.15) is 0 Å². The molecular weight excluding hydrogens is 227 g/mol. The van der Waals surface area contributed by atoms with Gasteiger partial charge in [-0.3, -0.25) is 0 Å². The molecule has 0 N–H and O–H groups in total. The van der Waals surface area contributed by atoms with Gasteiger partial charge in [-0.1, -0.05) is 61.7 Å². The van der Waals surface area contributed by atoms with Crippen LogP contribution in [0.15, 0.2) is 36.4 Å². The van der Waals surface area contributed by atoms with Crippen LogP contribution in [0.2, 0.25) is 10.0 Å². The second-order valence-corrected chi connectivity index (χ2v) is 4.16. The second kappa shape index (κ2) is 5.99. The summed E-state index contributed by atoms with van der Waals surface area (Å²) in [6.45, 7) is 4.25. The third-order valence-corrected chi connectivity index (χ3v) is 2.36. The third kappa shape index (κ3) is 3.40. The lowest BCUT2D eigenvalue weighted by molar-refractivity contribution is 1.09. The summed E-state index contributed by atoms with van der Waals surface area (Å²) in [5.74, 6) is 0. The Kier molecular flexibility index (Phi) is 4.93. The van der Waals surface area contributed by atoms with Crippen LogP contribution in [0.3, 0.4) is 0 Å². The van der Waals surface area contributed by atoms with Gasteiger partial charge >= 0.3 is 0 Å². The Morgan fingerprint density at radius 1 is 1.00 bits per heavy atom. The molecule has 0 saturated heterocycles. The van der Waals surface area contributed by atoms with Gasteiger partial charge in [-0.05, 0) is 23.6 Å². The summed E-state index contributed by atoms with van der Waals surface area (Å²) in [5.41, 5.74) is 0. The maximum absolute atomic E-state index is 5.97. The average molecular weight is 241 g/mol. The smallest absolute Gasteiger partial charge is 0.0484 e. The van der Waals surface area contributed by atoms with Crippen LogP contribution in [-0.4, -0.2) is 0 Å². The van der Waals surface area contributed by atoms with E-state index < -0.39 is 0 Å². The second-order valence-electron chi connectivity index (χ2n) is 3.31. The van der Waals surface area contributed by atoms with E-state index in [-0.39, 0.29) is 0 Å². The van der Waals surface area contributed by atoms with Crippen molar-refractivity contribution in [2.45, 2.75) is 20.3 Å². The van der Waals surface area contributed by atoms with Crippen LogP contribution in [0.4, 0.5) is 0 Å². The summed E-state index contributed by atoms with van der Waals surface area (Å²) in [6, 6.07) is 11.5. The van der Waals surface area contributed by atoms with Crippen LogP contribution >= 0.6 is 23.2 Å². The molecule has 2 aromatic rings. The Morgan fingerprint density at radius 2 is 1.67 bits per heavy atom. The molecular formula is C13H14Cl2. The van der Waals surface area contributed by atoms with E-state index >= 15 is 0 Å². The van der Waals surface area contributed by atoms with Gasteiger partial charge in [0, 0.05) is 15.4 Å². The fourth-order valence-electron chi connectivity index (χ4n) is 1.21. The van der Waals surface area contributed by atoms with E-state index in [1.807, 2.05) is 36.4 Å². The summed E-state index contributed by atoms with van der Waals surface area (Å²) >= 11 is 11.8. The molecule has 0 aliphatic heterocycles. The fourth-order valence-corrected chi connectivity index (χ4v) is 1.62. The first kappa shape index (κ1) is 12.4. The van der Waals surface area contributed by atoms with E-state index in [0.717, 1.165) is 20.8 Å². The first-order chi connectivity index (χ1) is 7.19. The lowest BCUT2D eigenvalue weighted by atomic mass is 10.1. The van der Waals surface area contributed by atoms with E-state index in [1.54, 1.807) is 0 Å². The van der Waals surface area contributed by atoms with Crippen molar-refractivity contribution in [1.82, 2.24) is 0 Å². The van der Waals surface area contributed by atoms with Crippen molar-refractivity contribution in [2.24, 2.45) is 0 Å². The molecule has 0 heterocycles. The van der Waals surface area contributed by atoms with Crippen molar-refractivity contribution in [2.75, 3.05) is 0 Å². The SMILES string of the molecule is CCC.Clc1ccc2cccc(Cl)c2c1. The van der Waals surface area contributed by atoms with Gasteiger partial charge < -0.3 is 0 Å². The van der Waals surface area contributed by atoms with Crippen LogP contribution in [0.25, 0.3) is 10.8 Å². The molecule has 0 spiro atoms. The molecule has 0 atom stereocenters. The lowest BCUT2D eigenvalue weighted by Gasteiger charge is -1.99. The normalized spacial score (nSPS) is 9.60. The van der Waals surface area contributed by atoms with Gasteiger partial charge in [0.15, 0.2) is 0 Å². The van der Waals surface area contributed by atoms with Crippen LogP contribution < -0.4 is 0 Å². The predicted molar refractivity (Wildman–Crippen MR) is 69.9 cm³/mol. The zero-order valence-electron chi connectivity index (χ0n) is 8.93. The highest BCUT2D eigenvalue weighted by Crippen LogP contribution is 2.25. The minimum absolute atomic E-state index is 0.718. The maximum atomic E-state index is 5.97. The molecule has 15 heavy (non-hydrogen) atoms. The molecule has 0 saturated carbocycles. The van der Waals surface area contributed by atoms with E-state index in [1.165, 1.54) is 6.42 Å². The number of hydrogen-bond donors (Lipinski definition) is 0. The van der Waals surface area contributed by atoms with E-state index in [2.05, 4.69) is 13.8 Å². The molecule has 0 aliphatic rings. The highest BCUT2D eigenvalue weighted by atomic mass is 35.5. The largest absolute Gasteiger partial charge is 0.0843 e. The summed E-state index contributed by atoms with van der Waals surface area (Å²) in [5, 5.41) is 3.59. The van der Waals surface area contributed by atoms with E-state index in [0.29, 0.717) is 0 Å². The molecule has 2 aromatic carbocycles. The van der Waals surface area contributed by atoms with Crippen molar-refractivity contribution in [1.29, 1.82) is 0 Å². The summed E-state index contributed by atoms with van der Waals surface area (Å²) in [7, 11) is 0. The zero-order valence-corrected chi connectivity index (χ0v) is 10.4. The van der Waals surface area contributed by atoms with E-state index in [4.69, 9.17) is 23.2 Å². The lowest BCUT2D eigenvalue weighted by Crippen LogP contribution is -1.73. The zero-order chi connectivity index (χ0) is 11.3. The Bertz CT molecular complexity index is 435.